The first kappa shape index (κ1) is 18.9. The lowest BCUT2D eigenvalue weighted by atomic mass is 10.1. The first-order valence-electron chi connectivity index (χ1n) is 8.57. The normalized spacial score (nSPS) is 13.2. The molecule has 0 aliphatic rings. The molecule has 0 saturated carbocycles. The third-order valence-electron chi connectivity index (χ3n) is 4.08. The number of anilines is 1. The van der Waals surface area contributed by atoms with Gasteiger partial charge in [-0.15, -0.1) is 0 Å². The van der Waals surface area contributed by atoms with E-state index < -0.39 is 12.1 Å². The van der Waals surface area contributed by atoms with Crippen LogP contribution in [0.15, 0.2) is 42.5 Å². The second-order valence-corrected chi connectivity index (χ2v) is 6.17. The Morgan fingerprint density at radius 2 is 1.76 bits per heavy atom. The molecule has 0 aliphatic carbocycles. The second-order valence-electron chi connectivity index (χ2n) is 6.17. The number of carbonyl (C=O) groups is 2. The van der Waals surface area contributed by atoms with E-state index in [9.17, 15) is 9.59 Å². The van der Waals surface area contributed by atoms with Gasteiger partial charge < -0.3 is 22.1 Å². The molecule has 0 aromatic heterocycles. The maximum Gasteiger partial charge on any atom is 0.246 e. The highest BCUT2D eigenvalue weighted by molar-refractivity contribution is 5.99. The van der Waals surface area contributed by atoms with Crippen molar-refractivity contribution in [3.8, 4) is 0 Å². The van der Waals surface area contributed by atoms with Gasteiger partial charge in [0.15, 0.2) is 0 Å². The van der Waals surface area contributed by atoms with Crippen LogP contribution in [0.1, 0.15) is 26.2 Å². The zero-order valence-electron chi connectivity index (χ0n) is 14.5. The Labute approximate surface area is 148 Å². The van der Waals surface area contributed by atoms with Crippen LogP contribution in [-0.4, -0.2) is 30.4 Å². The van der Waals surface area contributed by atoms with Crippen LogP contribution in [0.3, 0.4) is 0 Å². The molecule has 2 amide bonds. The number of carbonyl (C=O) groups excluding carboxylic acids is 2. The number of unbranched alkanes of at least 4 members (excludes halogenated alkanes) is 1. The van der Waals surface area contributed by atoms with Crippen molar-refractivity contribution in [1.82, 2.24) is 5.32 Å². The lowest BCUT2D eigenvalue weighted by Crippen LogP contribution is -2.48. The molecule has 6 nitrogen and oxygen atoms in total. The molecule has 0 unspecified atom stereocenters. The molecule has 0 heterocycles. The summed E-state index contributed by atoms with van der Waals surface area (Å²) in [5.74, 6) is -0.601. The number of nitrogens with two attached hydrogens (primary N) is 2. The fourth-order valence-electron chi connectivity index (χ4n) is 2.54. The minimum atomic E-state index is -0.667. The quantitative estimate of drug-likeness (QED) is 0.548. The molecule has 0 spiro atoms. The van der Waals surface area contributed by atoms with Crippen LogP contribution >= 0.6 is 0 Å². The van der Waals surface area contributed by atoms with E-state index in [4.69, 9.17) is 11.5 Å². The van der Waals surface area contributed by atoms with E-state index in [0.29, 0.717) is 18.7 Å². The van der Waals surface area contributed by atoms with Crippen LogP contribution in [0.2, 0.25) is 0 Å². The first-order chi connectivity index (χ1) is 12.0. The highest BCUT2D eigenvalue weighted by Crippen LogP contribution is 2.18. The average Bonchev–Trinajstić information content (AvgIpc) is 2.61. The lowest BCUT2D eigenvalue weighted by Gasteiger charge is -2.17. The molecular formula is C19H26N4O2. The Balaban J connectivity index is 1.89. The van der Waals surface area contributed by atoms with Crippen LogP contribution in [0.4, 0.5) is 5.69 Å². The van der Waals surface area contributed by atoms with Gasteiger partial charge >= 0.3 is 0 Å². The Kier molecular flexibility index (Phi) is 6.91. The van der Waals surface area contributed by atoms with E-state index >= 15 is 0 Å². The summed E-state index contributed by atoms with van der Waals surface area (Å²) in [5, 5.41) is 7.62. The summed E-state index contributed by atoms with van der Waals surface area (Å²) in [5.41, 5.74) is 12.0. The van der Waals surface area contributed by atoms with Crippen LogP contribution in [-0.2, 0) is 9.59 Å². The molecule has 25 heavy (non-hydrogen) atoms. The van der Waals surface area contributed by atoms with Crippen molar-refractivity contribution in [1.29, 1.82) is 0 Å². The van der Waals surface area contributed by atoms with Crippen molar-refractivity contribution in [3.05, 3.63) is 42.5 Å². The fraction of sp³-hybridized carbons (Fsp3) is 0.368. The zero-order valence-corrected chi connectivity index (χ0v) is 14.5. The van der Waals surface area contributed by atoms with Crippen molar-refractivity contribution >= 4 is 28.3 Å². The minimum Gasteiger partial charge on any atom is -0.343 e. The summed E-state index contributed by atoms with van der Waals surface area (Å²) in [6.07, 6.45) is 2.18. The highest BCUT2D eigenvalue weighted by Gasteiger charge is 2.19. The number of hydrogen-bond donors (Lipinski definition) is 4. The number of hydrogen-bond acceptors (Lipinski definition) is 4. The lowest BCUT2D eigenvalue weighted by molar-refractivity contribution is -0.127. The zero-order chi connectivity index (χ0) is 18.2. The highest BCUT2D eigenvalue weighted by atomic mass is 16.2. The maximum atomic E-state index is 12.3. The van der Waals surface area contributed by atoms with Gasteiger partial charge in [-0.1, -0.05) is 36.8 Å². The third-order valence-corrected chi connectivity index (χ3v) is 4.08. The number of rotatable bonds is 8. The predicted octanol–water partition coefficient (Wildman–Crippen LogP) is 1.74. The summed E-state index contributed by atoms with van der Waals surface area (Å²) in [6, 6.07) is 12.3. The topological polar surface area (TPSA) is 110 Å². The van der Waals surface area contributed by atoms with Crippen LogP contribution in [0.25, 0.3) is 10.8 Å². The Bertz CT molecular complexity index is 732. The predicted molar refractivity (Wildman–Crippen MR) is 101 cm³/mol. The third kappa shape index (κ3) is 5.55. The number of amides is 2. The van der Waals surface area contributed by atoms with Gasteiger partial charge in [-0.05, 0) is 49.2 Å². The molecule has 6 heteroatoms. The number of nitrogens with one attached hydrogen (secondary N) is 2. The SMILES string of the molecule is C[C@@H](NC(=O)[C@H](N)CCCCN)C(=O)Nc1ccc2ccccc2c1. The molecule has 6 N–H and O–H groups in total. The molecule has 0 radical (unpaired) electrons. The number of benzene rings is 2. The summed E-state index contributed by atoms with van der Waals surface area (Å²) in [6.45, 7) is 2.22. The standard InChI is InChI=1S/C19H26N4O2/c1-13(22-19(25)17(21)8-4-5-11-20)18(24)23-16-10-9-14-6-2-3-7-15(14)12-16/h2-3,6-7,9-10,12-13,17H,4-5,8,11,20-21H2,1H3,(H,22,25)(H,23,24)/t13-,17-/m1/s1. The molecule has 2 aromatic rings. The largest absolute Gasteiger partial charge is 0.343 e. The molecule has 0 saturated heterocycles. The van der Waals surface area contributed by atoms with Gasteiger partial charge in [0.25, 0.3) is 0 Å². The summed E-state index contributed by atoms with van der Waals surface area (Å²) >= 11 is 0. The van der Waals surface area contributed by atoms with Crippen LogP contribution in [0, 0.1) is 0 Å². The van der Waals surface area contributed by atoms with Crippen molar-refractivity contribution < 1.29 is 9.59 Å². The molecule has 2 atom stereocenters. The molecule has 0 bridgehead atoms. The van der Waals surface area contributed by atoms with Crippen LogP contribution < -0.4 is 22.1 Å². The maximum absolute atomic E-state index is 12.3. The van der Waals surface area contributed by atoms with E-state index in [1.165, 1.54) is 0 Å². The second kappa shape index (κ2) is 9.15. The Morgan fingerprint density at radius 1 is 1.04 bits per heavy atom. The van der Waals surface area contributed by atoms with E-state index in [0.717, 1.165) is 23.6 Å². The number of fused-ring (bicyclic) bond motifs is 1. The minimum absolute atomic E-state index is 0.280. The molecular weight excluding hydrogens is 316 g/mol. The summed E-state index contributed by atoms with van der Waals surface area (Å²) in [7, 11) is 0. The van der Waals surface area contributed by atoms with E-state index in [1.54, 1.807) is 6.92 Å². The van der Waals surface area contributed by atoms with Gasteiger partial charge in [-0.25, -0.2) is 0 Å². The molecule has 0 fully saturated rings. The van der Waals surface area contributed by atoms with Crippen molar-refractivity contribution in [2.24, 2.45) is 11.5 Å². The molecule has 2 aromatic carbocycles. The van der Waals surface area contributed by atoms with Crippen LogP contribution in [0.5, 0.6) is 0 Å². The summed E-state index contributed by atoms with van der Waals surface area (Å²) < 4.78 is 0. The van der Waals surface area contributed by atoms with Gasteiger partial charge in [0, 0.05) is 5.69 Å². The van der Waals surface area contributed by atoms with E-state index in [2.05, 4.69) is 10.6 Å². The molecule has 0 aliphatic heterocycles. The van der Waals surface area contributed by atoms with Gasteiger partial charge in [0.05, 0.1) is 6.04 Å². The van der Waals surface area contributed by atoms with Gasteiger partial charge in [-0.2, -0.15) is 0 Å². The smallest absolute Gasteiger partial charge is 0.246 e. The molecule has 134 valence electrons. The fourth-order valence-corrected chi connectivity index (χ4v) is 2.54. The Morgan fingerprint density at radius 3 is 2.48 bits per heavy atom. The van der Waals surface area contributed by atoms with Crippen molar-refractivity contribution in [3.63, 3.8) is 0 Å². The van der Waals surface area contributed by atoms with E-state index in [1.807, 2.05) is 42.5 Å². The average molecular weight is 342 g/mol. The van der Waals surface area contributed by atoms with Gasteiger partial charge in [-0.3, -0.25) is 9.59 Å². The van der Waals surface area contributed by atoms with Gasteiger partial charge in [0.2, 0.25) is 11.8 Å². The van der Waals surface area contributed by atoms with Crippen molar-refractivity contribution in [2.45, 2.75) is 38.3 Å². The Hall–Kier alpha value is -2.44. The van der Waals surface area contributed by atoms with Gasteiger partial charge in [0.1, 0.15) is 6.04 Å². The summed E-state index contributed by atoms with van der Waals surface area (Å²) in [4.78, 5) is 24.3. The van der Waals surface area contributed by atoms with E-state index in [-0.39, 0.29) is 11.8 Å². The first-order valence-corrected chi connectivity index (χ1v) is 8.57. The molecule has 2 rings (SSSR count). The monoisotopic (exact) mass is 342 g/mol. The van der Waals surface area contributed by atoms with Crippen molar-refractivity contribution in [2.75, 3.05) is 11.9 Å².